The van der Waals surface area contributed by atoms with Crippen molar-refractivity contribution in [3.8, 4) is 0 Å². The van der Waals surface area contributed by atoms with Crippen LogP contribution in [0.5, 0.6) is 0 Å². The zero-order valence-corrected chi connectivity index (χ0v) is 11.1. The van der Waals surface area contributed by atoms with E-state index in [1.165, 1.54) is 0 Å². The van der Waals surface area contributed by atoms with Crippen molar-refractivity contribution in [1.82, 2.24) is 9.88 Å². The Kier molecular flexibility index (Phi) is 3.25. The number of carbonyl (C=O) groups excluding carboxylic acids is 1. The summed E-state index contributed by atoms with van der Waals surface area (Å²) in [7, 11) is 1.71. The topological polar surface area (TPSA) is 45.3 Å². The van der Waals surface area contributed by atoms with Crippen LogP contribution in [0.25, 0.3) is 10.9 Å². The molecule has 0 unspecified atom stereocenters. The minimum atomic E-state index is 0.0956. The van der Waals surface area contributed by atoms with Crippen molar-refractivity contribution in [2.75, 3.05) is 20.2 Å². The van der Waals surface area contributed by atoms with E-state index in [0.717, 1.165) is 35.9 Å². The first-order valence-corrected chi connectivity index (χ1v) is 6.67. The SMILES string of the molecule is CO[C@H]1CCCN(C(=O)c2ccc3cc[nH]c3c2)C1. The fourth-order valence-corrected chi connectivity index (χ4v) is 2.68. The number of fused-ring (bicyclic) bond motifs is 1. The van der Waals surface area contributed by atoms with Crippen LogP contribution in [0.15, 0.2) is 30.5 Å². The standard InChI is InChI=1S/C15H18N2O2/c1-19-13-3-2-8-17(10-13)15(18)12-5-4-11-6-7-16-14(11)9-12/h4-7,9,13,16H,2-3,8,10H2,1H3/t13-/m0/s1. The predicted octanol–water partition coefficient (Wildman–Crippen LogP) is 2.42. The van der Waals surface area contributed by atoms with E-state index in [2.05, 4.69) is 4.98 Å². The molecule has 0 saturated carbocycles. The van der Waals surface area contributed by atoms with E-state index in [1.54, 1.807) is 7.11 Å². The molecule has 1 amide bonds. The van der Waals surface area contributed by atoms with Gasteiger partial charge in [0.05, 0.1) is 6.10 Å². The number of piperidine rings is 1. The van der Waals surface area contributed by atoms with E-state index >= 15 is 0 Å². The second-order valence-corrected chi connectivity index (χ2v) is 5.03. The van der Waals surface area contributed by atoms with E-state index in [-0.39, 0.29) is 12.0 Å². The number of amides is 1. The molecule has 4 heteroatoms. The van der Waals surface area contributed by atoms with Gasteiger partial charge in [-0.05, 0) is 36.4 Å². The molecule has 100 valence electrons. The maximum atomic E-state index is 12.5. The average molecular weight is 258 g/mol. The summed E-state index contributed by atoms with van der Waals surface area (Å²) in [6, 6.07) is 7.81. The number of methoxy groups -OCH3 is 1. The van der Waals surface area contributed by atoms with Crippen molar-refractivity contribution in [2.45, 2.75) is 18.9 Å². The van der Waals surface area contributed by atoms with Crippen molar-refractivity contribution >= 4 is 16.8 Å². The molecule has 1 aliphatic rings. The number of hydrogen-bond acceptors (Lipinski definition) is 2. The van der Waals surface area contributed by atoms with Gasteiger partial charge < -0.3 is 14.6 Å². The molecule has 2 heterocycles. The molecule has 3 rings (SSSR count). The van der Waals surface area contributed by atoms with Gasteiger partial charge in [-0.3, -0.25) is 4.79 Å². The molecule has 19 heavy (non-hydrogen) atoms. The van der Waals surface area contributed by atoms with E-state index in [0.29, 0.717) is 6.54 Å². The zero-order valence-electron chi connectivity index (χ0n) is 11.1. The van der Waals surface area contributed by atoms with Gasteiger partial charge in [-0.25, -0.2) is 0 Å². The number of rotatable bonds is 2. The molecule has 1 atom stereocenters. The van der Waals surface area contributed by atoms with Crippen LogP contribution in [0.3, 0.4) is 0 Å². The fraction of sp³-hybridized carbons (Fsp3) is 0.400. The van der Waals surface area contributed by atoms with Crippen LogP contribution < -0.4 is 0 Å². The van der Waals surface area contributed by atoms with E-state index in [4.69, 9.17) is 4.74 Å². The highest BCUT2D eigenvalue weighted by Crippen LogP contribution is 2.19. The van der Waals surface area contributed by atoms with Crippen molar-refractivity contribution in [3.63, 3.8) is 0 Å². The van der Waals surface area contributed by atoms with Gasteiger partial charge in [-0.2, -0.15) is 0 Å². The fourth-order valence-electron chi connectivity index (χ4n) is 2.68. The smallest absolute Gasteiger partial charge is 0.254 e. The van der Waals surface area contributed by atoms with Crippen LogP contribution in [0, 0.1) is 0 Å². The number of H-pyrrole nitrogens is 1. The van der Waals surface area contributed by atoms with Crippen LogP contribution in [-0.4, -0.2) is 42.1 Å². The van der Waals surface area contributed by atoms with Crippen LogP contribution in [-0.2, 0) is 4.74 Å². The van der Waals surface area contributed by atoms with Gasteiger partial charge in [0.15, 0.2) is 0 Å². The van der Waals surface area contributed by atoms with E-state index < -0.39 is 0 Å². The van der Waals surface area contributed by atoms with E-state index in [9.17, 15) is 4.79 Å². The molecule has 1 saturated heterocycles. The molecule has 0 bridgehead atoms. The van der Waals surface area contributed by atoms with Gasteiger partial charge >= 0.3 is 0 Å². The number of nitrogens with one attached hydrogen (secondary N) is 1. The quantitative estimate of drug-likeness (QED) is 0.899. The molecule has 0 spiro atoms. The van der Waals surface area contributed by atoms with Gasteiger partial charge in [0.25, 0.3) is 5.91 Å². The van der Waals surface area contributed by atoms with Gasteiger partial charge in [0.1, 0.15) is 0 Å². The first-order chi connectivity index (χ1) is 9.28. The van der Waals surface area contributed by atoms with Crippen LogP contribution in [0.2, 0.25) is 0 Å². The third-order valence-corrected chi connectivity index (χ3v) is 3.80. The third kappa shape index (κ3) is 2.36. The molecule has 0 aliphatic carbocycles. The molecule has 1 fully saturated rings. The Morgan fingerprint density at radius 3 is 3.16 bits per heavy atom. The molecular weight excluding hydrogens is 240 g/mol. The van der Waals surface area contributed by atoms with Crippen molar-refractivity contribution in [1.29, 1.82) is 0 Å². The summed E-state index contributed by atoms with van der Waals surface area (Å²) in [5.74, 6) is 0.0956. The minimum Gasteiger partial charge on any atom is -0.380 e. The summed E-state index contributed by atoms with van der Waals surface area (Å²) in [6.45, 7) is 1.51. The number of hydrogen-bond donors (Lipinski definition) is 1. The van der Waals surface area contributed by atoms with Crippen LogP contribution in [0.1, 0.15) is 23.2 Å². The van der Waals surface area contributed by atoms with Gasteiger partial charge in [0.2, 0.25) is 0 Å². The monoisotopic (exact) mass is 258 g/mol. The number of nitrogens with zero attached hydrogens (tertiary/aromatic N) is 1. The lowest BCUT2D eigenvalue weighted by molar-refractivity contribution is 0.0269. The molecule has 1 aromatic heterocycles. The van der Waals surface area contributed by atoms with Crippen LogP contribution >= 0.6 is 0 Å². The van der Waals surface area contributed by atoms with Crippen LogP contribution in [0.4, 0.5) is 0 Å². The lowest BCUT2D eigenvalue weighted by Crippen LogP contribution is -2.42. The molecular formula is C15H18N2O2. The van der Waals surface area contributed by atoms with Crippen molar-refractivity contribution < 1.29 is 9.53 Å². The molecule has 1 aromatic carbocycles. The van der Waals surface area contributed by atoms with Gasteiger partial charge in [-0.15, -0.1) is 0 Å². The first kappa shape index (κ1) is 12.2. The predicted molar refractivity (Wildman–Crippen MR) is 74.2 cm³/mol. The molecule has 4 nitrogen and oxygen atoms in total. The molecule has 0 radical (unpaired) electrons. The van der Waals surface area contributed by atoms with Crippen molar-refractivity contribution in [2.24, 2.45) is 0 Å². The number of aromatic nitrogens is 1. The summed E-state index contributed by atoms with van der Waals surface area (Å²) < 4.78 is 5.37. The summed E-state index contributed by atoms with van der Waals surface area (Å²) in [6.07, 6.45) is 4.11. The average Bonchev–Trinajstić information content (AvgIpc) is 2.94. The second kappa shape index (κ2) is 5.05. The number of benzene rings is 1. The number of ether oxygens (including phenoxy) is 1. The number of likely N-dealkylation sites (tertiary alicyclic amines) is 1. The molecule has 1 N–H and O–H groups in total. The highest BCUT2D eigenvalue weighted by Gasteiger charge is 2.24. The summed E-state index contributed by atoms with van der Waals surface area (Å²) in [4.78, 5) is 17.5. The Morgan fingerprint density at radius 1 is 1.42 bits per heavy atom. The van der Waals surface area contributed by atoms with Crippen molar-refractivity contribution in [3.05, 3.63) is 36.0 Å². The number of carbonyl (C=O) groups is 1. The Morgan fingerprint density at radius 2 is 2.32 bits per heavy atom. The van der Waals surface area contributed by atoms with Gasteiger partial charge in [0, 0.05) is 37.5 Å². The van der Waals surface area contributed by atoms with E-state index in [1.807, 2.05) is 35.4 Å². The Hall–Kier alpha value is -1.81. The lowest BCUT2D eigenvalue weighted by Gasteiger charge is -2.32. The highest BCUT2D eigenvalue weighted by molar-refractivity contribution is 5.98. The normalized spacial score (nSPS) is 19.8. The summed E-state index contributed by atoms with van der Waals surface area (Å²) in [5, 5.41) is 1.13. The largest absolute Gasteiger partial charge is 0.380 e. The summed E-state index contributed by atoms with van der Waals surface area (Å²) >= 11 is 0. The molecule has 2 aromatic rings. The van der Waals surface area contributed by atoms with Gasteiger partial charge in [-0.1, -0.05) is 6.07 Å². The second-order valence-electron chi connectivity index (χ2n) is 5.03. The minimum absolute atomic E-state index is 0.0956. The maximum absolute atomic E-state index is 12.5. The first-order valence-electron chi connectivity index (χ1n) is 6.67. The third-order valence-electron chi connectivity index (χ3n) is 3.80. The Balaban J connectivity index is 1.82. The number of aromatic amines is 1. The Labute approximate surface area is 112 Å². The summed E-state index contributed by atoms with van der Waals surface area (Å²) in [5.41, 5.74) is 1.75. The Bertz CT molecular complexity index is 591. The molecule has 1 aliphatic heterocycles. The maximum Gasteiger partial charge on any atom is 0.254 e. The lowest BCUT2D eigenvalue weighted by atomic mass is 10.1. The highest BCUT2D eigenvalue weighted by atomic mass is 16.5. The zero-order chi connectivity index (χ0) is 13.2.